The number of aryl methyl sites for hydroxylation is 1. The number of H-pyrrole nitrogens is 2. The standard InChI is InChI=1S/C37H43FN6O4/c1-24(2)32-29(39-23-44(32)15-7-14-42-16-18-43(19-17-42)36(48)37(3,4)5)22-31-35(47)40-30(34(46)41-31)21-25-8-6-9-27(20-25)33(45)26-10-12-28(38)13-11-26/h6,8-13,20-24H,7,14-19H2,1-5H3,(H,40,47)(H,41,46)/b30-21-,31-22-. The number of carbonyl (C=O) groups excluding carboxylic acids is 2. The highest BCUT2D eigenvalue weighted by molar-refractivity contribution is 6.09. The largest absolute Gasteiger partial charge is 0.340 e. The summed E-state index contributed by atoms with van der Waals surface area (Å²) >= 11 is 0. The van der Waals surface area contributed by atoms with Gasteiger partial charge in [-0.05, 0) is 66.9 Å². The molecule has 0 spiro atoms. The smallest absolute Gasteiger partial charge is 0.272 e. The normalized spacial score (nSPS) is 15.0. The van der Waals surface area contributed by atoms with Gasteiger partial charge in [0.15, 0.2) is 5.78 Å². The van der Waals surface area contributed by atoms with E-state index in [0.29, 0.717) is 22.4 Å². The van der Waals surface area contributed by atoms with Gasteiger partial charge in [-0.25, -0.2) is 9.37 Å². The van der Waals surface area contributed by atoms with Crippen molar-refractivity contribution in [3.63, 3.8) is 0 Å². The molecule has 2 aromatic heterocycles. The maximum Gasteiger partial charge on any atom is 0.272 e. The SMILES string of the molecule is CC(C)c1c(/C=c2\[nH]c(=O)/c(=C/c3cccc(C(=O)c4ccc(F)cc4)c3)[nH]c2=O)ncn1CCCN1CCN(C(=O)C(C)(C)C)CC1. The molecule has 252 valence electrons. The van der Waals surface area contributed by atoms with E-state index in [-0.39, 0.29) is 33.7 Å². The van der Waals surface area contributed by atoms with Gasteiger partial charge in [-0.3, -0.25) is 24.1 Å². The van der Waals surface area contributed by atoms with Gasteiger partial charge < -0.3 is 19.4 Å². The molecule has 2 aromatic carbocycles. The van der Waals surface area contributed by atoms with Crippen molar-refractivity contribution >= 4 is 23.8 Å². The predicted molar refractivity (Wildman–Crippen MR) is 184 cm³/mol. The molecule has 3 heterocycles. The first-order chi connectivity index (χ1) is 22.8. The molecule has 10 nitrogen and oxygen atoms in total. The molecule has 0 saturated carbocycles. The quantitative estimate of drug-likeness (QED) is 0.268. The number of rotatable bonds is 9. The molecule has 1 aliphatic rings. The molecule has 1 aliphatic heterocycles. The number of hydrogen-bond acceptors (Lipinski definition) is 6. The van der Waals surface area contributed by atoms with E-state index in [9.17, 15) is 23.6 Å². The van der Waals surface area contributed by atoms with Gasteiger partial charge in [-0.1, -0.05) is 52.8 Å². The average molecular weight is 655 g/mol. The maximum atomic E-state index is 13.3. The summed E-state index contributed by atoms with van der Waals surface area (Å²) < 4.78 is 15.4. The maximum absolute atomic E-state index is 13.3. The van der Waals surface area contributed by atoms with E-state index in [1.807, 2.05) is 25.7 Å². The van der Waals surface area contributed by atoms with Crippen LogP contribution in [0.2, 0.25) is 0 Å². The second-order valence-electron chi connectivity index (χ2n) is 13.6. The molecule has 5 rings (SSSR count). The number of ketones is 1. The first kappa shape index (κ1) is 34.4. The molecule has 1 amide bonds. The zero-order valence-corrected chi connectivity index (χ0v) is 28.2. The number of benzene rings is 2. The Labute approximate surface area is 278 Å². The molecule has 0 radical (unpaired) electrons. The Morgan fingerprint density at radius 2 is 1.54 bits per heavy atom. The molecule has 2 N–H and O–H groups in total. The fraction of sp³-hybridized carbons (Fsp3) is 0.378. The number of halogens is 1. The van der Waals surface area contributed by atoms with E-state index >= 15 is 0 Å². The number of amides is 1. The summed E-state index contributed by atoms with van der Waals surface area (Å²) in [7, 11) is 0. The van der Waals surface area contributed by atoms with Crippen LogP contribution in [0.5, 0.6) is 0 Å². The summed E-state index contributed by atoms with van der Waals surface area (Å²) in [5, 5.41) is 0.133. The Morgan fingerprint density at radius 3 is 2.17 bits per heavy atom. The van der Waals surface area contributed by atoms with Crippen LogP contribution < -0.4 is 21.8 Å². The van der Waals surface area contributed by atoms with Gasteiger partial charge in [0.25, 0.3) is 11.1 Å². The van der Waals surface area contributed by atoms with E-state index < -0.39 is 16.9 Å². The lowest BCUT2D eigenvalue weighted by Crippen LogP contribution is -2.51. The molecule has 1 fully saturated rings. The number of nitrogens with one attached hydrogen (secondary N) is 2. The van der Waals surface area contributed by atoms with E-state index in [4.69, 9.17) is 0 Å². The predicted octanol–water partition coefficient (Wildman–Crippen LogP) is 2.99. The highest BCUT2D eigenvalue weighted by atomic mass is 19.1. The lowest BCUT2D eigenvalue weighted by molar-refractivity contribution is -0.141. The molecule has 1 saturated heterocycles. The van der Waals surface area contributed by atoms with E-state index in [2.05, 4.69) is 38.3 Å². The van der Waals surface area contributed by atoms with Crippen molar-refractivity contribution in [3.05, 3.63) is 120 Å². The van der Waals surface area contributed by atoms with Gasteiger partial charge in [-0.2, -0.15) is 0 Å². The van der Waals surface area contributed by atoms with Crippen LogP contribution in [0.1, 0.15) is 79.8 Å². The third-order valence-corrected chi connectivity index (χ3v) is 8.46. The van der Waals surface area contributed by atoms with Gasteiger partial charge in [0.1, 0.15) is 16.5 Å². The van der Waals surface area contributed by atoms with E-state index in [0.717, 1.165) is 51.4 Å². The Kier molecular flexibility index (Phi) is 10.4. The van der Waals surface area contributed by atoms with E-state index in [1.165, 1.54) is 30.3 Å². The third kappa shape index (κ3) is 8.14. The van der Waals surface area contributed by atoms with Crippen molar-refractivity contribution in [3.8, 4) is 0 Å². The summed E-state index contributed by atoms with van der Waals surface area (Å²) in [6, 6.07) is 11.9. The van der Waals surface area contributed by atoms with Crippen LogP contribution in [0, 0.1) is 11.2 Å². The minimum atomic E-state index is -0.494. The van der Waals surface area contributed by atoms with Crippen molar-refractivity contribution in [2.24, 2.45) is 5.41 Å². The first-order valence-corrected chi connectivity index (χ1v) is 16.3. The zero-order valence-electron chi connectivity index (χ0n) is 28.2. The van der Waals surface area contributed by atoms with Gasteiger partial charge in [0, 0.05) is 55.0 Å². The fourth-order valence-electron chi connectivity index (χ4n) is 5.97. The summed E-state index contributed by atoms with van der Waals surface area (Å²) in [4.78, 5) is 65.9. The Hall–Kier alpha value is -4.90. The summed E-state index contributed by atoms with van der Waals surface area (Å²) in [6.45, 7) is 14.8. The number of carbonyl (C=O) groups is 2. The van der Waals surface area contributed by atoms with Gasteiger partial charge in [0.2, 0.25) is 5.91 Å². The highest BCUT2D eigenvalue weighted by Gasteiger charge is 2.29. The van der Waals surface area contributed by atoms with Crippen molar-refractivity contribution in [1.29, 1.82) is 0 Å². The van der Waals surface area contributed by atoms with Crippen LogP contribution in [-0.2, 0) is 11.3 Å². The molecule has 0 atom stereocenters. The minimum absolute atomic E-state index is 0.0433. The Bertz CT molecular complexity index is 2030. The number of hydrogen-bond donors (Lipinski definition) is 2. The molecule has 0 bridgehead atoms. The van der Waals surface area contributed by atoms with Crippen molar-refractivity contribution < 1.29 is 14.0 Å². The van der Waals surface area contributed by atoms with Crippen LogP contribution in [0.25, 0.3) is 12.2 Å². The van der Waals surface area contributed by atoms with Crippen molar-refractivity contribution in [1.82, 2.24) is 29.3 Å². The number of imidazole rings is 1. The summed E-state index contributed by atoms with van der Waals surface area (Å²) in [6.07, 6.45) is 5.78. The third-order valence-electron chi connectivity index (χ3n) is 8.46. The van der Waals surface area contributed by atoms with Gasteiger partial charge in [0.05, 0.1) is 12.0 Å². The van der Waals surface area contributed by atoms with Crippen LogP contribution in [0.4, 0.5) is 4.39 Å². The molecule has 48 heavy (non-hydrogen) atoms. The lowest BCUT2D eigenvalue weighted by atomic mass is 9.94. The Morgan fingerprint density at radius 1 is 0.896 bits per heavy atom. The highest BCUT2D eigenvalue weighted by Crippen LogP contribution is 2.21. The van der Waals surface area contributed by atoms with Gasteiger partial charge >= 0.3 is 0 Å². The molecular weight excluding hydrogens is 611 g/mol. The summed E-state index contributed by atoms with van der Waals surface area (Å²) in [5.41, 5.74) is 1.49. The molecule has 0 aliphatic carbocycles. The van der Waals surface area contributed by atoms with Crippen LogP contribution in [0.3, 0.4) is 0 Å². The number of aromatic amines is 2. The van der Waals surface area contributed by atoms with Crippen molar-refractivity contribution in [2.75, 3.05) is 32.7 Å². The minimum Gasteiger partial charge on any atom is -0.340 e. The molecule has 0 unspecified atom stereocenters. The molecule has 4 aromatic rings. The number of piperazine rings is 1. The van der Waals surface area contributed by atoms with Gasteiger partial charge in [-0.15, -0.1) is 0 Å². The lowest BCUT2D eigenvalue weighted by Gasteiger charge is -2.37. The topological polar surface area (TPSA) is 124 Å². The second-order valence-corrected chi connectivity index (χ2v) is 13.6. The monoisotopic (exact) mass is 654 g/mol. The van der Waals surface area contributed by atoms with E-state index in [1.54, 1.807) is 36.7 Å². The average Bonchev–Trinajstić information content (AvgIpc) is 3.45. The number of nitrogens with zero attached hydrogens (tertiary/aromatic N) is 4. The van der Waals surface area contributed by atoms with Crippen LogP contribution in [-0.4, -0.2) is 73.7 Å². The first-order valence-electron chi connectivity index (χ1n) is 16.3. The summed E-state index contributed by atoms with van der Waals surface area (Å²) in [5.74, 6) is -0.403. The fourth-order valence-corrected chi connectivity index (χ4v) is 5.97. The number of aromatic nitrogens is 4. The molecule has 11 heteroatoms. The zero-order chi connectivity index (χ0) is 34.6. The van der Waals surface area contributed by atoms with Crippen molar-refractivity contribution in [2.45, 2.75) is 53.5 Å². The van der Waals surface area contributed by atoms with Crippen LogP contribution >= 0.6 is 0 Å². The second kappa shape index (κ2) is 14.5. The van der Waals surface area contributed by atoms with Crippen LogP contribution in [0.15, 0.2) is 64.4 Å². The molecular formula is C37H43FN6O4. The Balaban J connectivity index is 1.30.